The summed E-state index contributed by atoms with van der Waals surface area (Å²) in [5.74, 6) is -0.777. The van der Waals surface area contributed by atoms with Crippen molar-refractivity contribution in [2.75, 3.05) is 25.6 Å². The molecule has 1 amide bonds. The maximum Gasteiger partial charge on any atom is 0.340 e. The van der Waals surface area contributed by atoms with E-state index in [1.165, 1.54) is 7.11 Å². The lowest BCUT2D eigenvalue weighted by atomic mass is 10.1. The Hall–Kier alpha value is -2.90. The standard InChI is InChI=1S/C21H22N2O4S/c1-13-18(21(25)27-9-8-26-3)14(2)22-19(13)20(24)23-17-6-4-5-15(11-17)16-7-10-28-12-16/h4-7,10-12,22H,8-9H2,1-3H3,(H,23,24). The Kier molecular flexibility index (Phi) is 6.28. The Labute approximate surface area is 167 Å². The molecule has 0 radical (unpaired) electrons. The van der Waals surface area contributed by atoms with Crippen LogP contribution in [-0.2, 0) is 9.47 Å². The molecular formula is C21H22N2O4S. The van der Waals surface area contributed by atoms with Crippen molar-refractivity contribution >= 4 is 28.9 Å². The molecule has 7 heteroatoms. The van der Waals surface area contributed by atoms with E-state index in [1.54, 1.807) is 25.2 Å². The third kappa shape index (κ3) is 4.32. The molecule has 0 aliphatic carbocycles. The average Bonchev–Trinajstić information content (AvgIpc) is 3.30. The fourth-order valence-corrected chi connectivity index (χ4v) is 3.64. The number of esters is 1. The number of aromatic nitrogens is 1. The SMILES string of the molecule is COCCOC(=O)c1c(C)[nH]c(C(=O)Nc2cccc(-c3ccsc3)c2)c1C. The van der Waals surface area contributed by atoms with Gasteiger partial charge in [-0.15, -0.1) is 0 Å². The smallest absolute Gasteiger partial charge is 0.340 e. The Morgan fingerprint density at radius 1 is 1.14 bits per heavy atom. The van der Waals surface area contributed by atoms with Gasteiger partial charge in [-0.3, -0.25) is 4.79 Å². The number of anilines is 1. The van der Waals surface area contributed by atoms with Crippen LogP contribution in [0.15, 0.2) is 41.1 Å². The summed E-state index contributed by atoms with van der Waals surface area (Å²) in [4.78, 5) is 28.1. The second kappa shape index (κ2) is 8.86. The number of benzene rings is 1. The van der Waals surface area contributed by atoms with Crippen LogP contribution in [0.4, 0.5) is 5.69 Å². The van der Waals surface area contributed by atoms with Crippen LogP contribution in [0.25, 0.3) is 11.1 Å². The Morgan fingerprint density at radius 3 is 2.68 bits per heavy atom. The fraction of sp³-hybridized carbons (Fsp3) is 0.238. The molecule has 0 fully saturated rings. The van der Waals surface area contributed by atoms with Crippen LogP contribution in [0.1, 0.15) is 32.1 Å². The molecule has 0 aliphatic heterocycles. The van der Waals surface area contributed by atoms with Gasteiger partial charge in [0.25, 0.3) is 5.91 Å². The minimum absolute atomic E-state index is 0.163. The Bertz CT molecular complexity index is 976. The van der Waals surface area contributed by atoms with E-state index in [4.69, 9.17) is 9.47 Å². The van der Waals surface area contributed by atoms with E-state index in [1.807, 2.05) is 35.7 Å². The summed E-state index contributed by atoms with van der Waals surface area (Å²) >= 11 is 1.62. The number of carbonyl (C=O) groups excluding carboxylic acids is 2. The second-order valence-electron chi connectivity index (χ2n) is 6.30. The fourth-order valence-electron chi connectivity index (χ4n) is 2.97. The minimum Gasteiger partial charge on any atom is -0.460 e. The van der Waals surface area contributed by atoms with Crippen LogP contribution in [0.5, 0.6) is 0 Å². The normalized spacial score (nSPS) is 10.7. The third-order valence-corrected chi connectivity index (χ3v) is 5.05. The van der Waals surface area contributed by atoms with Gasteiger partial charge >= 0.3 is 5.97 Å². The van der Waals surface area contributed by atoms with Crippen molar-refractivity contribution in [3.63, 3.8) is 0 Å². The van der Waals surface area contributed by atoms with E-state index in [-0.39, 0.29) is 12.5 Å². The van der Waals surface area contributed by atoms with Crippen LogP contribution in [0.2, 0.25) is 0 Å². The van der Waals surface area contributed by atoms with Crippen molar-refractivity contribution in [3.05, 3.63) is 63.6 Å². The number of thiophene rings is 1. The lowest BCUT2D eigenvalue weighted by Gasteiger charge is -2.07. The van der Waals surface area contributed by atoms with Crippen molar-refractivity contribution in [1.29, 1.82) is 0 Å². The zero-order chi connectivity index (χ0) is 20.1. The molecule has 3 aromatic rings. The highest BCUT2D eigenvalue weighted by atomic mass is 32.1. The number of amides is 1. The molecule has 0 atom stereocenters. The van der Waals surface area contributed by atoms with Crippen molar-refractivity contribution in [1.82, 2.24) is 4.98 Å². The zero-order valence-electron chi connectivity index (χ0n) is 16.0. The van der Waals surface area contributed by atoms with E-state index in [0.717, 1.165) is 11.1 Å². The van der Waals surface area contributed by atoms with Crippen LogP contribution < -0.4 is 5.32 Å². The highest BCUT2D eigenvalue weighted by molar-refractivity contribution is 7.08. The number of hydrogen-bond donors (Lipinski definition) is 2. The van der Waals surface area contributed by atoms with Crippen molar-refractivity contribution in [2.45, 2.75) is 13.8 Å². The van der Waals surface area contributed by atoms with Gasteiger partial charge in [0.1, 0.15) is 12.3 Å². The number of rotatable bonds is 7. The Balaban J connectivity index is 1.77. The molecule has 28 heavy (non-hydrogen) atoms. The van der Waals surface area contributed by atoms with E-state index < -0.39 is 5.97 Å². The van der Waals surface area contributed by atoms with Gasteiger partial charge in [-0.1, -0.05) is 12.1 Å². The molecule has 146 valence electrons. The second-order valence-corrected chi connectivity index (χ2v) is 7.08. The minimum atomic E-state index is -0.471. The summed E-state index contributed by atoms with van der Waals surface area (Å²) in [6.45, 7) is 3.96. The van der Waals surface area contributed by atoms with Gasteiger partial charge in [-0.2, -0.15) is 11.3 Å². The summed E-state index contributed by atoms with van der Waals surface area (Å²) in [7, 11) is 1.54. The molecule has 1 aromatic carbocycles. The summed E-state index contributed by atoms with van der Waals surface area (Å²) in [6.07, 6.45) is 0. The van der Waals surface area contributed by atoms with Gasteiger partial charge in [0.15, 0.2) is 0 Å². The molecule has 0 aliphatic rings. The molecule has 2 N–H and O–H groups in total. The van der Waals surface area contributed by atoms with E-state index in [9.17, 15) is 9.59 Å². The number of methoxy groups -OCH3 is 1. The maximum atomic E-state index is 12.8. The lowest BCUT2D eigenvalue weighted by Crippen LogP contribution is -2.14. The summed E-state index contributed by atoms with van der Waals surface area (Å²) in [6, 6.07) is 9.68. The van der Waals surface area contributed by atoms with Crippen LogP contribution >= 0.6 is 11.3 Å². The summed E-state index contributed by atoms with van der Waals surface area (Å²) in [5, 5.41) is 6.96. The monoisotopic (exact) mass is 398 g/mol. The first-order valence-electron chi connectivity index (χ1n) is 8.80. The first kappa shape index (κ1) is 19.9. The number of H-pyrrole nitrogens is 1. The molecule has 2 heterocycles. The predicted octanol–water partition coefficient (Wildman–Crippen LogP) is 4.42. The molecule has 0 bridgehead atoms. The van der Waals surface area contributed by atoms with E-state index in [0.29, 0.717) is 34.8 Å². The summed E-state index contributed by atoms with van der Waals surface area (Å²) < 4.78 is 10.1. The molecule has 0 spiro atoms. The lowest BCUT2D eigenvalue weighted by molar-refractivity contribution is 0.0387. The van der Waals surface area contributed by atoms with Gasteiger partial charge in [0.05, 0.1) is 12.2 Å². The first-order valence-corrected chi connectivity index (χ1v) is 9.74. The van der Waals surface area contributed by atoms with Crippen molar-refractivity contribution < 1.29 is 19.1 Å². The van der Waals surface area contributed by atoms with Crippen LogP contribution in [0, 0.1) is 13.8 Å². The zero-order valence-corrected chi connectivity index (χ0v) is 16.8. The predicted molar refractivity (Wildman–Crippen MR) is 110 cm³/mol. The van der Waals surface area contributed by atoms with E-state index >= 15 is 0 Å². The van der Waals surface area contributed by atoms with Gasteiger partial charge in [-0.25, -0.2) is 4.79 Å². The van der Waals surface area contributed by atoms with Crippen molar-refractivity contribution in [2.24, 2.45) is 0 Å². The number of ether oxygens (including phenoxy) is 2. The summed E-state index contributed by atoms with van der Waals surface area (Å²) in [5.41, 5.74) is 4.70. The maximum absolute atomic E-state index is 12.8. The molecule has 0 saturated heterocycles. The highest BCUT2D eigenvalue weighted by Crippen LogP contribution is 2.25. The number of aryl methyl sites for hydroxylation is 1. The number of hydrogen-bond acceptors (Lipinski definition) is 5. The van der Waals surface area contributed by atoms with Gasteiger partial charge in [0.2, 0.25) is 0 Å². The number of carbonyl (C=O) groups is 2. The van der Waals surface area contributed by atoms with Crippen LogP contribution in [0.3, 0.4) is 0 Å². The van der Waals surface area contributed by atoms with Gasteiger partial charge in [0, 0.05) is 18.5 Å². The molecular weight excluding hydrogens is 376 g/mol. The number of nitrogens with one attached hydrogen (secondary N) is 2. The number of aromatic amines is 1. The Morgan fingerprint density at radius 2 is 1.96 bits per heavy atom. The largest absolute Gasteiger partial charge is 0.460 e. The quantitative estimate of drug-likeness (QED) is 0.456. The van der Waals surface area contributed by atoms with Crippen molar-refractivity contribution in [3.8, 4) is 11.1 Å². The highest BCUT2D eigenvalue weighted by Gasteiger charge is 2.23. The topological polar surface area (TPSA) is 80.4 Å². The van der Waals surface area contributed by atoms with Gasteiger partial charge < -0.3 is 19.8 Å². The molecule has 0 unspecified atom stereocenters. The van der Waals surface area contributed by atoms with Gasteiger partial charge in [-0.05, 0) is 59.5 Å². The average molecular weight is 398 g/mol. The molecule has 0 saturated carbocycles. The van der Waals surface area contributed by atoms with Crippen LogP contribution in [-0.4, -0.2) is 37.2 Å². The first-order chi connectivity index (χ1) is 13.5. The molecule has 2 aromatic heterocycles. The third-order valence-electron chi connectivity index (χ3n) is 4.36. The molecule has 3 rings (SSSR count). The molecule has 6 nitrogen and oxygen atoms in total. The van der Waals surface area contributed by atoms with E-state index in [2.05, 4.69) is 15.7 Å².